The lowest BCUT2D eigenvalue weighted by Gasteiger charge is -2.44. The van der Waals surface area contributed by atoms with Crippen molar-refractivity contribution in [3.63, 3.8) is 0 Å². The molecular weight excluding hydrogens is 424 g/mol. The van der Waals surface area contributed by atoms with Crippen molar-refractivity contribution in [2.75, 3.05) is 13.7 Å². The van der Waals surface area contributed by atoms with E-state index in [0.717, 1.165) is 5.57 Å². The first-order valence-corrected chi connectivity index (χ1v) is 14.2. The minimum absolute atomic E-state index is 0.0125. The Bertz CT molecular complexity index is 710. The maximum absolute atomic E-state index is 11.6. The fourth-order valence-electron chi connectivity index (χ4n) is 3.28. The van der Waals surface area contributed by atoms with Crippen LogP contribution in [-0.4, -0.2) is 51.3 Å². The second-order valence-corrected chi connectivity index (χ2v) is 15.0. The summed E-state index contributed by atoms with van der Waals surface area (Å²) in [5.41, 5.74) is 0.907. The molecule has 0 unspecified atom stereocenters. The Kier molecular flexibility index (Phi) is 12.5. The molecule has 0 aromatic heterocycles. The lowest BCUT2D eigenvalue weighted by atomic mass is 9.82. The standard InChI is InChI=1S/C25H44O6Si/c1-17(16-22(27)29-9)15-19(3)24(31-32(10,11)25(6,7)8)20(4)23(28)18(2)13-12-14-30-21(5)26/h16,18-20,23-24,28H,14-15H2,1-11H3/b17-16+/t18-,19+,20-,23-,24-/m1/s1. The molecule has 32 heavy (non-hydrogen) atoms. The monoisotopic (exact) mass is 468 g/mol. The molecule has 0 aromatic carbocycles. The molecule has 5 atom stereocenters. The van der Waals surface area contributed by atoms with Gasteiger partial charge in [0.15, 0.2) is 14.9 Å². The highest BCUT2D eigenvalue weighted by atomic mass is 28.4. The van der Waals surface area contributed by atoms with Gasteiger partial charge in [-0.15, -0.1) is 0 Å². The molecule has 7 heteroatoms. The van der Waals surface area contributed by atoms with E-state index < -0.39 is 14.4 Å². The van der Waals surface area contributed by atoms with E-state index in [1.807, 2.05) is 20.8 Å². The van der Waals surface area contributed by atoms with Crippen LogP contribution in [0.3, 0.4) is 0 Å². The zero-order valence-corrected chi connectivity index (χ0v) is 22.9. The number of hydrogen-bond acceptors (Lipinski definition) is 6. The maximum Gasteiger partial charge on any atom is 0.330 e. The molecule has 0 saturated carbocycles. The van der Waals surface area contributed by atoms with E-state index in [-0.39, 0.29) is 47.4 Å². The van der Waals surface area contributed by atoms with E-state index in [1.165, 1.54) is 20.1 Å². The van der Waals surface area contributed by atoms with Crippen molar-refractivity contribution in [1.82, 2.24) is 0 Å². The van der Waals surface area contributed by atoms with Gasteiger partial charge in [-0.3, -0.25) is 4.79 Å². The number of carbonyl (C=O) groups excluding carboxylic acids is 2. The largest absolute Gasteiger partial charge is 0.466 e. The van der Waals surface area contributed by atoms with Gasteiger partial charge in [0, 0.05) is 24.8 Å². The molecule has 6 nitrogen and oxygen atoms in total. The van der Waals surface area contributed by atoms with Crippen molar-refractivity contribution in [1.29, 1.82) is 0 Å². The minimum atomic E-state index is -2.12. The summed E-state index contributed by atoms with van der Waals surface area (Å²) in [4.78, 5) is 22.5. The molecule has 0 rings (SSSR count). The molecule has 0 aliphatic carbocycles. The van der Waals surface area contributed by atoms with Crippen LogP contribution in [-0.2, 0) is 23.5 Å². The van der Waals surface area contributed by atoms with Crippen LogP contribution in [0.1, 0.15) is 61.8 Å². The zero-order chi connectivity index (χ0) is 25.3. The molecule has 0 aliphatic rings. The summed E-state index contributed by atoms with van der Waals surface area (Å²) in [7, 11) is -0.761. The fourth-order valence-corrected chi connectivity index (χ4v) is 4.76. The average molecular weight is 469 g/mol. The molecule has 0 spiro atoms. The summed E-state index contributed by atoms with van der Waals surface area (Å²) in [6, 6.07) is 0. The summed E-state index contributed by atoms with van der Waals surface area (Å²) >= 11 is 0. The molecule has 0 heterocycles. The van der Waals surface area contributed by atoms with Gasteiger partial charge in [-0.1, -0.05) is 52.0 Å². The van der Waals surface area contributed by atoms with Crippen LogP contribution >= 0.6 is 0 Å². The van der Waals surface area contributed by atoms with Crippen molar-refractivity contribution in [2.45, 2.75) is 92.2 Å². The summed E-state index contributed by atoms with van der Waals surface area (Å²) < 4.78 is 16.4. The number of carbonyl (C=O) groups is 2. The second-order valence-electron chi connectivity index (χ2n) is 10.3. The summed E-state index contributed by atoms with van der Waals surface area (Å²) in [6.07, 6.45) is 1.22. The van der Waals surface area contributed by atoms with Gasteiger partial charge in [-0.25, -0.2) is 4.79 Å². The second kappa shape index (κ2) is 13.2. The Morgan fingerprint density at radius 1 is 1.12 bits per heavy atom. The average Bonchev–Trinajstić information content (AvgIpc) is 2.66. The van der Waals surface area contributed by atoms with Crippen molar-refractivity contribution in [3.05, 3.63) is 11.6 Å². The lowest BCUT2D eigenvalue weighted by molar-refractivity contribution is -0.139. The summed E-state index contributed by atoms with van der Waals surface area (Å²) in [5, 5.41) is 11.1. The topological polar surface area (TPSA) is 82.1 Å². The number of ether oxygens (including phenoxy) is 2. The Morgan fingerprint density at radius 3 is 2.16 bits per heavy atom. The molecule has 184 valence electrons. The highest BCUT2D eigenvalue weighted by molar-refractivity contribution is 6.74. The predicted octanol–water partition coefficient (Wildman–Crippen LogP) is 4.72. The molecule has 1 N–H and O–H groups in total. The third-order valence-corrected chi connectivity index (χ3v) is 10.7. The van der Waals surface area contributed by atoms with Crippen molar-refractivity contribution in [3.8, 4) is 11.8 Å². The number of allylic oxidation sites excluding steroid dienone is 1. The normalized spacial score (nSPS) is 17.3. The van der Waals surface area contributed by atoms with Gasteiger partial charge in [0.25, 0.3) is 0 Å². The minimum Gasteiger partial charge on any atom is -0.466 e. The molecule has 0 aromatic rings. The molecule has 0 radical (unpaired) electrons. The smallest absolute Gasteiger partial charge is 0.330 e. The van der Waals surface area contributed by atoms with E-state index in [1.54, 1.807) is 0 Å². The zero-order valence-electron chi connectivity index (χ0n) is 21.9. The third kappa shape index (κ3) is 10.3. The molecular formula is C25H44O6Si. The lowest BCUT2D eigenvalue weighted by Crippen LogP contribution is -2.49. The number of aliphatic hydroxyl groups is 1. The molecule has 0 amide bonds. The van der Waals surface area contributed by atoms with Gasteiger partial charge >= 0.3 is 11.9 Å². The molecule has 0 fully saturated rings. The predicted molar refractivity (Wildman–Crippen MR) is 130 cm³/mol. The highest BCUT2D eigenvalue weighted by Gasteiger charge is 2.43. The van der Waals surface area contributed by atoms with Gasteiger partial charge in [0.05, 0.1) is 19.3 Å². The van der Waals surface area contributed by atoms with Crippen molar-refractivity contribution >= 4 is 20.3 Å². The van der Waals surface area contributed by atoms with E-state index in [9.17, 15) is 14.7 Å². The first-order chi connectivity index (χ1) is 14.5. The van der Waals surface area contributed by atoms with E-state index in [0.29, 0.717) is 6.42 Å². The first-order valence-electron chi connectivity index (χ1n) is 11.3. The molecule has 0 saturated heterocycles. The summed E-state index contributed by atoms with van der Waals surface area (Å²) in [6.45, 7) is 20.2. The van der Waals surface area contributed by atoms with Gasteiger partial charge < -0.3 is 19.0 Å². The van der Waals surface area contributed by atoms with E-state index >= 15 is 0 Å². The van der Waals surface area contributed by atoms with E-state index in [2.05, 4.69) is 52.6 Å². The van der Waals surface area contributed by atoms with E-state index in [4.69, 9.17) is 13.9 Å². The van der Waals surface area contributed by atoms with Crippen LogP contribution < -0.4 is 0 Å². The number of rotatable bonds is 10. The van der Waals surface area contributed by atoms with Crippen LogP contribution in [0.15, 0.2) is 11.6 Å². The molecule has 0 aliphatic heterocycles. The van der Waals surface area contributed by atoms with Crippen LogP contribution in [0.4, 0.5) is 0 Å². The Labute approximate surface area is 196 Å². The van der Waals surface area contributed by atoms with Gasteiger partial charge in [-0.05, 0) is 44.3 Å². The van der Waals surface area contributed by atoms with Gasteiger partial charge in [0.1, 0.15) is 0 Å². The summed E-state index contributed by atoms with van der Waals surface area (Å²) in [5.74, 6) is 4.60. The van der Waals surface area contributed by atoms with Crippen LogP contribution in [0, 0.1) is 29.6 Å². The third-order valence-electron chi connectivity index (χ3n) is 6.25. The quantitative estimate of drug-likeness (QED) is 0.216. The number of esters is 2. The van der Waals surface area contributed by atoms with Crippen molar-refractivity contribution < 1.29 is 28.6 Å². The number of aliphatic hydroxyl groups excluding tert-OH is 1. The van der Waals surface area contributed by atoms with Crippen LogP contribution in [0.25, 0.3) is 0 Å². The highest BCUT2D eigenvalue weighted by Crippen LogP contribution is 2.40. The van der Waals surface area contributed by atoms with Gasteiger partial charge in [-0.2, -0.15) is 0 Å². The number of methoxy groups -OCH3 is 1. The SMILES string of the molecule is COC(=O)/C=C(\C)C[C@H](C)[C@@H](O[Si](C)(C)C(C)(C)C)[C@H](C)[C@H](O)[C@H](C)C#CCOC(C)=O. The first kappa shape index (κ1) is 30.4. The van der Waals surface area contributed by atoms with Gasteiger partial charge in [0.2, 0.25) is 0 Å². The maximum atomic E-state index is 11.6. The van der Waals surface area contributed by atoms with Crippen LogP contribution in [0.5, 0.6) is 0 Å². The van der Waals surface area contributed by atoms with Crippen LogP contribution in [0.2, 0.25) is 18.1 Å². The Morgan fingerprint density at radius 2 is 1.69 bits per heavy atom. The number of hydrogen-bond donors (Lipinski definition) is 1. The Hall–Kier alpha value is -1.62. The molecule has 0 bridgehead atoms. The fraction of sp³-hybridized carbons (Fsp3) is 0.760. The Balaban J connectivity index is 5.72. The van der Waals surface area contributed by atoms with Crippen molar-refractivity contribution in [2.24, 2.45) is 17.8 Å².